The molecule has 5 nitrogen and oxygen atoms in total. The van der Waals surface area contributed by atoms with Crippen molar-refractivity contribution in [2.75, 3.05) is 38.1 Å². The van der Waals surface area contributed by atoms with E-state index in [4.69, 9.17) is 0 Å². The van der Waals surface area contributed by atoms with Crippen LogP contribution in [0.25, 0.3) is 5.57 Å². The average molecular weight is 375 g/mol. The molecule has 5 heteroatoms. The lowest BCUT2D eigenvalue weighted by molar-refractivity contribution is -0.120. The van der Waals surface area contributed by atoms with E-state index in [2.05, 4.69) is 16.8 Å². The lowest BCUT2D eigenvalue weighted by Gasteiger charge is -2.34. The van der Waals surface area contributed by atoms with Gasteiger partial charge in [0, 0.05) is 26.2 Å². The molecule has 2 aliphatic heterocycles. The molecule has 1 saturated heterocycles. The number of nitrogens with zero attached hydrogens (tertiary/aromatic N) is 3. The third-order valence-corrected chi connectivity index (χ3v) is 5.51. The number of aryl methyl sites for hydroxylation is 2. The normalized spacial score (nSPS) is 18.4. The van der Waals surface area contributed by atoms with Gasteiger partial charge in [-0.3, -0.25) is 9.59 Å². The van der Waals surface area contributed by atoms with Crippen LogP contribution in [0.4, 0.5) is 5.69 Å². The molecule has 2 aromatic carbocycles. The van der Waals surface area contributed by atoms with E-state index in [9.17, 15) is 9.59 Å². The van der Waals surface area contributed by atoms with E-state index < -0.39 is 0 Å². The minimum atomic E-state index is -0.244. The maximum atomic E-state index is 13.4. The van der Waals surface area contributed by atoms with Gasteiger partial charge in [0.25, 0.3) is 11.8 Å². The Bertz CT molecular complexity index is 937. The highest BCUT2D eigenvalue weighted by Crippen LogP contribution is 2.35. The van der Waals surface area contributed by atoms with Crippen LogP contribution in [0.5, 0.6) is 0 Å². The molecule has 0 aromatic heterocycles. The van der Waals surface area contributed by atoms with Crippen molar-refractivity contribution in [1.29, 1.82) is 0 Å². The summed E-state index contributed by atoms with van der Waals surface area (Å²) < 4.78 is 0. The molecular weight excluding hydrogens is 350 g/mol. The molecule has 1 fully saturated rings. The summed E-state index contributed by atoms with van der Waals surface area (Å²) >= 11 is 0. The van der Waals surface area contributed by atoms with Crippen LogP contribution in [0.3, 0.4) is 0 Å². The molecule has 0 aliphatic carbocycles. The first-order chi connectivity index (χ1) is 13.5. The molecule has 2 heterocycles. The summed E-state index contributed by atoms with van der Waals surface area (Å²) in [5, 5.41) is 0. The summed E-state index contributed by atoms with van der Waals surface area (Å²) in [5.41, 5.74) is 4.67. The minimum Gasteiger partial charge on any atom is -0.364 e. The third-order valence-electron chi connectivity index (χ3n) is 5.51. The highest BCUT2D eigenvalue weighted by molar-refractivity contribution is 6.45. The van der Waals surface area contributed by atoms with Crippen molar-refractivity contribution in [3.05, 3.63) is 70.9 Å². The first-order valence-electron chi connectivity index (χ1n) is 9.66. The highest BCUT2D eigenvalue weighted by Gasteiger charge is 2.42. The first kappa shape index (κ1) is 18.4. The molecule has 28 heavy (non-hydrogen) atoms. The largest absolute Gasteiger partial charge is 0.364 e. The van der Waals surface area contributed by atoms with Gasteiger partial charge in [-0.2, -0.15) is 0 Å². The lowest BCUT2D eigenvalue weighted by Crippen LogP contribution is -2.46. The second-order valence-corrected chi connectivity index (χ2v) is 7.66. The van der Waals surface area contributed by atoms with Gasteiger partial charge in [-0.25, -0.2) is 4.90 Å². The van der Waals surface area contributed by atoms with E-state index in [0.29, 0.717) is 17.0 Å². The van der Waals surface area contributed by atoms with Gasteiger partial charge in [0.15, 0.2) is 0 Å². The predicted octanol–water partition coefficient (Wildman–Crippen LogP) is 2.84. The van der Waals surface area contributed by atoms with Crippen molar-refractivity contribution in [2.45, 2.75) is 13.8 Å². The monoisotopic (exact) mass is 375 g/mol. The second-order valence-electron chi connectivity index (χ2n) is 7.66. The fraction of sp³-hybridized carbons (Fsp3) is 0.304. The number of amides is 2. The number of rotatable bonds is 3. The van der Waals surface area contributed by atoms with E-state index >= 15 is 0 Å². The van der Waals surface area contributed by atoms with E-state index in [1.807, 2.05) is 62.4 Å². The molecule has 0 saturated carbocycles. The van der Waals surface area contributed by atoms with Crippen molar-refractivity contribution in [3.63, 3.8) is 0 Å². The van der Waals surface area contributed by atoms with Gasteiger partial charge < -0.3 is 9.80 Å². The first-order valence-corrected chi connectivity index (χ1v) is 9.66. The molecule has 2 aromatic rings. The number of anilines is 1. The van der Waals surface area contributed by atoms with Gasteiger partial charge in [-0.05, 0) is 38.6 Å². The number of hydrogen-bond donors (Lipinski definition) is 0. The molecule has 144 valence electrons. The van der Waals surface area contributed by atoms with Gasteiger partial charge in [0.2, 0.25) is 0 Å². The van der Waals surface area contributed by atoms with Gasteiger partial charge in [-0.15, -0.1) is 0 Å². The third kappa shape index (κ3) is 3.22. The molecule has 4 rings (SSSR count). The van der Waals surface area contributed by atoms with Crippen LogP contribution in [0.1, 0.15) is 16.7 Å². The summed E-state index contributed by atoms with van der Waals surface area (Å²) in [4.78, 5) is 32.5. The van der Waals surface area contributed by atoms with E-state index in [1.165, 1.54) is 4.90 Å². The molecule has 0 bridgehead atoms. The highest BCUT2D eigenvalue weighted by atomic mass is 16.2. The van der Waals surface area contributed by atoms with Crippen molar-refractivity contribution < 1.29 is 9.59 Å². The summed E-state index contributed by atoms with van der Waals surface area (Å²) in [6, 6.07) is 15.4. The van der Waals surface area contributed by atoms with Crippen LogP contribution in [-0.4, -0.2) is 54.8 Å². The Labute approximate surface area is 165 Å². The van der Waals surface area contributed by atoms with Crippen LogP contribution in [-0.2, 0) is 9.59 Å². The molecule has 0 unspecified atom stereocenters. The fourth-order valence-electron chi connectivity index (χ4n) is 3.75. The topological polar surface area (TPSA) is 43.9 Å². The van der Waals surface area contributed by atoms with Crippen molar-refractivity contribution in [2.24, 2.45) is 0 Å². The molecule has 0 radical (unpaired) electrons. The maximum Gasteiger partial charge on any atom is 0.282 e. The van der Waals surface area contributed by atoms with Crippen LogP contribution >= 0.6 is 0 Å². The Kier molecular flexibility index (Phi) is 4.77. The second kappa shape index (κ2) is 7.24. The quantitative estimate of drug-likeness (QED) is 0.774. The van der Waals surface area contributed by atoms with Crippen molar-refractivity contribution in [1.82, 2.24) is 9.80 Å². The number of carbonyl (C=O) groups is 2. The number of imide groups is 1. The van der Waals surface area contributed by atoms with Gasteiger partial charge >= 0.3 is 0 Å². The number of hydrogen-bond acceptors (Lipinski definition) is 4. The zero-order valence-corrected chi connectivity index (χ0v) is 16.6. The van der Waals surface area contributed by atoms with E-state index in [1.54, 1.807) is 0 Å². The number of benzene rings is 2. The number of likely N-dealkylation sites (N-methyl/N-ethyl adjacent to an activating group) is 1. The zero-order valence-electron chi connectivity index (χ0n) is 16.6. The summed E-state index contributed by atoms with van der Waals surface area (Å²) in [6.07, 6.45) is 0. The van der Waals surface area contributed by atoms with Crippen LogP contribution < -0.4 is 4.90 Å². The smallest absolute Gasteiger partial charge is 0.282 e. The van der Waals surface area contributed by atoms with Gasteiger partial charge in [0.1, 0.15) is 5.70 Å². The minimum absolute atomic E-state index is 0.228. The fourth-order valence-corrected chi connectivity index (χ4v) is 3.75. The summed E-state index contributed by atoms with van der Waals surface area (Å²) in [5.74, 6) is -0.472. The Morgan fingerprint density at radius 2 is 1.25 bits per heavy atom. The van der Waals surface area contributed by atoms with Crippen molar-refractivity contribution >= 4 is 23.1 Å². The Morgan fingerprint density at radius 3 is 1.82 bits per heavy atom. The molecule has 0 spiro atoms. The Hall–Kier alpha value is -2.92. The Morgan fingerprint density at radius 1 is 0.714 bits per heavy atom. The zero-order chi connectivity index (χ0) is 19.8. The van der Waals surface area contributed by atoms with Crippen LogP contribution in [0, 0.1) is 13.8 Å². The molecule has 2 amide bonds. The van der Waals surface area contributed by atoms with Gasteiger partial charge in [-0.1, -0.05) is 47.5 Å². The molecule has 2 aliphatic rings. The molecule has 0 atom stereocenters. The SMILES string of the molecule is Cc1ccc(C2=C(N3CCN(C)CC3)C(=O)N(c3ccc(C)cc3)C2=O)cc1. The lowest BCUT2D eigenvalue weighted by atomic mass is 10.0. The predicted molar refractivity (Wildman–Crippen MR) is 111 cm³/mol. The molecule has 0 N–H and O–H groups in total. The number of carbonyl (C=O) groups excluding carboxylic acids is 2. The average Bonchev–Trinajstić information content (AvgIpc) is 2.94. The van der Waals surface area contributed by atoms with Crippen molar-refractivity contribution in [3.8, 4) is 0 Å². The van der Waals surface area contributed by atoms with Crippen LogP contribution in [0.2, 0.25) is 0 Å². The number of piperazine rings is 1. The Balaban J connectivity index is 1.79. The summed E-state index contributed by atoms with van der Waals surface area (Å²) in [6.45, 7) is 7.22. The standard InChI is InChI=1S/C23H25N3O2/c1-16-4-8-18(9-5-16)20-21(25-14-12-24(3)13-15-25)23(28)26(22(20)27)19-10-6-17(2)7-11-19/h4-11H,12-15H2,1-3H3. The van der Waals surface area contributed by atoms with E-state index in [0.717, 1.165) is 42.9 Å². The van der Waals surface area contributed by atoms with Crippen LogP contribution in [0.15, 0.2) is 54.2 Å². The van der Waals surface area contributed by atoms with E-state index in [-0.39, 0.29) is 11.8 Å². The summed E-state index contributed by atoms with van der Waals surface area (Å²) in [7, 11) is 2.08. The maximum absolute atomic E-state index is 13.4. The molecular formula is C23H25N3O2. The van der Waals surface area contributed by atoms with Gasteiger partial charge in [0.05, 0.1) is 11.3 Å².